The Hall–Kier alpha value is -0.790. The molecule has 0 aliphatic rings. The molecule has 0 aliphatic heterocycles. The van der Waals surface area contributed by atoms with Crippen LogP contribution >= 0.6 is 11.6 Å². The molecule has 2 heteroatoms. The fraction of sp³-hybridized carbons (Fsp3) is 0.385. The van der Waals surface area contributed by atoms with E-state index in [1.54, 1.807) is 0 Å². The van der Waals surface area contributed by atoms with Gasteiger partial charge in [0.1, 0.15) is 0 Å². The summed E-state index contributed by atoms with van der Waals surface area (Å²) >= 11 is 6.10. The summed E-state index contributed by atoms with van der Waals surface area (Å²) in [6.45, 7) is 6.83. The van der Waals surface area contributed by atoms with Crippen LogP contribution in [-0.4, -0.2) is 6.54 Å². The topological polar surface area (TPSA) is 12.0 Å². The Morgan fingerprint density at radius 2 is 2.20 bits per heavy atom. The average Bonchev–Trinajstić information content (AvgIpc) is 2.25. The van der Waals surface area contributed by atoms with Crippen molar-refractivity contribution >= 4 is 11.6 Å². The van der Waals surface area contributed by atoms with Gasteiger partial charge in [-0.25, -0.2) is 0 Å². The number of rotatable bonds is 6. The van der Waals surface area contributed by atoms with Crippen LogP contribution in [-0.2, 0) is 0 Å². The summed E-state index contributed by atoms with van der Waals surface area (Å²) in [6, 6.07) is 8.27. The van der Waals surface area contributed by atoms with Crippen LogP contribution in [0.2, 0.25) is 5.02 Å². The highest BCUT2D eigenvalue weighted by Gasteiger charge is 2.06. The first-order valence-corrected chi connectivity index (χ1v) is 5.72. The van der Waals surface area contributed by atoms with Crippen LogP contribution in [0.1, 0.15) is 31.4 Å². The Bertz CT molecular complexity index is 309. The summed E-state index contributed by atoms with van der Waals surface area (Å²) in [5, 5.41) is 4.28. The van der Waals surface area contributed by atoms with Crippen LogP contribution in [0.25, 0.3) is 0 Å². The van der Waals surface area contributed by atoms with Gasteiger partial charge in [0.25, 0.3) is 0 Å². The van der Waals surface area contributed by atoms with Crippen molar-refractivity contribution in [2.24, 2.45) is 0 Å². The first kappa shape index (κ1) is 12.3. The van der Waals surface area contributed by atoms with E-state index < -0.39 is 0 Å². The van der Waals surface area contributed by atoms with Gasteiger partial charge in [0, 0.05) is 11.1 Å². The molecule has 0 unspecified atom stereocenters. The van der Waals surface area contributed by atoms with Gasteiger partial charge in [-0.05, 0) is 37.9 Å². The predicted octanol–water partition coefficient (Wildman–Crippen LogP) is 3.96. The molecule has 82 valence electrons. The van der Waals surface area contributed by atoms with Crippen molar-refractivity contribution in [2.75, 3.05) is 6.54 Å². The van der Waals surface area contributed by atoms with E-state index in [-0.39, 0.29) is 0 Å². The van der Waals surface area contributed by atoms with E-state index in [9.17, 15) is 0 Å². The van der Waals surface area contributed by atoms with Crippen LogP contribution in [0.4, 0.5) is 0 Å². The molecule has 0 saturated carbocycles. The lowest BCUT2D eigenvalue weighted by atomic mass is 10.1. The van der Waals surface area contributed by atoms with Crippen molar-refractivity contribution < 1.29 is 0 Å². The van der Waals surface area contributed by atoms with Crippen LogP contribution in [0.5, 0.6) is 0 Å². The van der Waals surface area contributed by atoms with Crippen molar-refractivity contribution in [3.63, 3.8) is 0 Å². The standard InChI is InChI=1S/C13H18ClN/c1-3-4-7-10-15-11(2)12-8-5-6-9-13(12)14/h3,5-6,8-9,11,15H,1,4,7,10H2,2H3/t11-/m1/s1. The minimum absolute atomic E-state index is 0.309. The van der Waals surface area contributed by atoms with Gasteiger partial charge in [0.2, 0.25) is 0 Å². The molecular formula is C13H18ClN. The summed E-state index contributed by atoms with van der Waals surface area (Å²) in [4.78, 5) is 0. The molecule has 1 nitrogen and oxygen atoms in total. The van der Waals surface area contributed by atoms with Gasteiger partial charge in [0.05, 0.1) is 0 Å². The minimum atomic E-state index is 0.309. The lowest BCUT2D eigenvalue weighted by Gasteiger charge is -2.15. The van der Waals surface area contributed by atoms with E-state index in [0.717, 1.165) is 30.0 Å². The maximum Gasteiger partial charge on any atom is 0.0453 e. The summed E-state index contributed by atoms with van der Waals surface area (Å²) in [6.07, 6.45) is 4.13. The van der Waals surface area contributed by atoms with Gasteiger partial charge >= 0.3 is 0 Å². The molecule has 1 N–H and O–H groups in total. The van der Waals surface area contributed by atoms with Crippen molar-refractivity contribution in [3.8, 4) is 0 Å². The highest BCUT2D eigenvalue weighted by molar-refractivity contribution is 6.31. The van der Waals surface area contributed by atoms with E-state index >= 15 is 0 Å². The molecule has 15 heavy (non-hydrogen) atoms. The average molecular weight is 224 g/mol. The molecule has 1 atom stereocenters. The third kappa shape index (κ3) is 4.06. The lowest BCUT2D eigenvalue weighted by Crippen LogP contribution is -2.19. The summed E-state index contributed by atoms with van der Waals surface area (Å²) in [5.74, 6) is 0. The smallest absolute Gasteiger partial charge is 0.0453 e. The Kier molecular flexibility index (Phi) is 5.44. The van der Waals surface area contributed by atoms with Gasteiger partial charge in [-0.3, -0.25) is 0 Å². The van der Waals surface area contributed by atoms with Gasteiger partial charge in [-0.15, -0.1) is 6.58 Å². The van der Waals surface area contributed by atoms with Crippen LogP contribution in [0.15, 0.2) is 36.9 Å². The second-order valence-corrected chi connectivity index (χ2v) is 4.04. The predicted molar refractivity (Wildman–Crippen MR) is 67.3 cm³/mol. The zero-order valence-corrected chi connectivity index (χ0v) is 9.93. The second kappa shape index (κ2) is 6.65. The second-order valence-electron chi connectivity index (χ2n) is 3.63. The summed E-state index contributed by atoms with van der Waals surface area (Å²) < 4.78 is 0. The molecule has 0 saturated heterocycles. The number of halogens is 1. The normalized spacial score (nSPS) is 12.4. The number of allylic oxidation sites excluding steroid dienone is 1. The maximum absolute atomic E-state index is 6.10. The maximum atomic E-state index is 6.10. The number of hydrogen-bond acceptors (Lipinski definition) is 1. The molecule has 0 fully saturated rings. The SMILES string of the molecule is C=CCCCN[C@H](C)c1ccccc1Cl. The number of nitrogens with one attached hydrogen (secondary N) is 1. The molecule has 0 aromatic heterocycles. The fourth-order valence-electron chi connectivity index (χ4n) is 1.50. The van der Waals surface area contributed by atoms with Crippen LogP contribution in [0.3, 0.4) is 0 Å². The van der Waals surface area contributed by atoms with E-state index in [0.29, 0.717) is 6.04 Å². The fourth-order valence-corrected chi connectivity index (χ4v) is 1.80. The molecular weight excluding hydrogens is 206 g/mol. The van der Waals surface area contributed by atoms with E-state index in [4.69, 9.17) is 11.6 Å². The largest absolute Gasteiger partial charge is 0.310 e. The van der Waals surface area contributed by atoms with Crippen molar-refractivity contribution in [1.29, 1.82) is 0 Å². The number of unbranched alkanes of at least 4 members (excludes halogenated alkanes) is 1. The highest BCUT2D eigenvalue weighted by atomic mass is 35.5. The Labute approximate surface area is 97.1 Å². The van der Waals surface area contributed by atoms with Gasteiger partial charge < -0.3 is 5.32 Å². The van der Waals surface area contributed by atoms with Crippen molar-refractivity contribution in [2.45, 2.75) is 25.8 Å². The van der Waals surface area contributed by atoms with Gasteiger partial charge in [-0.2, -0.15) is 0 Å². The zero-order chi connectivity index (χ0) is 11.1. The molecule has 0 radical (unpaired) electrons. The third-order valence-electron chi connectivity index (χ3n) is 2.41. The molecule has 1 aromatic carbocycles. The monoisotopic (exact) mass is 223 g/mol. The highest BCUT2D eigenvalue weighted by Crippen LogP contribution is 2.21. The van der Waals surface area contributed by atoms with Gasteiger partial charge in [0.15, 0.2) is 0 Å². The first-order chi connectivity index (χ1) is 7.25. The molecule has 0 bridgehead atoms. The molecule has 0 spiro atoms. The quantitative estimate of drug-likeness (QED) is 0.569. The third-order valence-corrected chi connectivity index (χ3v) is 2.75. The van der Waals surface area contributed by atoms with Crippen LogP contribution in [0, 0.1) is 0 Å². The molecule has 0 aliphatic carbocycles. The van der Waals surface area contributed by atoms with E-state index in [1.165, 1.54) is 0 Å². The van der Waals surface area contributed by atoms with E-state index in [1.807, 2.05) is 24.3 Å². The van der Waals surface area contributed by atoms with E-state index in [2.05, 4.69) is 24.9 Å². The molecule has 0 amide bonds. The number of benzene rings is 1. The lowest BCUT2D eigenvalue weighted by molar-refractivity contribution is 0.561. The Balaban J connectivity index is 2.43. The minimum Gasteiger partial charge on any atom is -0.310 e. The molecule has 0 heterocycles. The zero-order valence-electron chi connectivity index (χ0n) is 9.17. The van der Waals surface area contributed by atoms with Crippen LogP contribution < -0.4 is 5.32 Å². The van der Waals surface area contributed by atoms with Gasteiger partial charge in [-0.1, -0.05) is 35.9 Å². The van der Waals surface area contributed by atoms with Crippen molar-refractivity contribution in [1.82, 2.24) is 5.32 Å². The Morgan fingerprint density at radius 3 is 2.87 bits per heavy atom. The summed E-state index contributed by atoms with van der Waals surface area (Å²) in [7, 11) is 0. The summed E-state index contributed by atoms with van der Waals surface area (Å²) in [5.41, 5.74) is 1.16. The molecule has 1 rings (SSSR count). The van der Waals surface area contributed by atoms with Crippen molar-refractivity contribution in [3.05, 3.63) is 47.5 Å². The number of hydrogen-bond donors (Lipinski definition) is 1. The Morgan fingerprint density at radius 1 is 1.47 bits per heavy atom. The molecule has 1 aromatic rings. The first-order valence-electron chi connectivity index (χ1n) is 5.34.